The summed E-state index contributed by atoms with van der Waals surface area (Å²) in [4.78, 5) is 8.68. The number of morpholine rings is 1. The van der Waals surface area contributed by atoms with Gasteiger partial charge in [0.2, 0.25) is 5.95 Å². The van der Waals surface area contributed by atoms with Gasteiger partial charge in [-0.25, -0.2) is 4.98 Å². The predicted octanol–water partition coefficient (Wildman–Crippen LogP) is 0.914. The Bertz CT molecular complexity index is 404. The van der Waals surface area contributed by atoms with E-state index in [2.05, 4.69) is 9.97 Å². The molecule has 8 heteroatoms. The number of hydrogen-bond donors (Lipinski definition) is 1. The summed E-state index contributed by atoms with van der Waals surface area (Å²) in [6.45, 7) is 1.91. The molecule has 2 rings (SSSR count). The van der Waals surface area contributed by atoms with Crippen LogP contribution in [-0.2, 0) is 10.9 Å². The van der Waals surface area contributed by atoms with E-state index in [0.29, 0.717) is 26.3 Å². The van der Waals surface area contributed by atoms with Crippen LogP contribution in [0.1, 0.15) is 5.69 Å². The standard InChI is InChI=1S/C9H11F3N4O/c10-9(11,12)6-5-7(15-8(13)14-6)16-1-3-17-4-2-16/h5H,1-4H2,(H2,13,14,15). The van der Waals surface area contributed by atoms with Crippen molar-refractivity contribution in [2.45, 2.75) is 6.18 Å². The number of alkyl halides is 3. The van der Waals surface area contributed by atoms with Crippen LogP contribution in [-0.4, -0.2) is 36.3 Å². The van der Waals surface area contributed by atoms with Crippen molar-refractivity contribution < 1.29 is 17.9 Å². The van der Waals surface area contributed by atoms with Crippen molar-refractivity contribution in [3.8, 4) is 0 Å². The Morgan fingerprint density at radius 3 is 2.47 bits per heavy atom. The molecule has 1 saturated heterocycles. The number of nitrogens with zero attached hydrogens (tertiary/aromatic N) is 3. The molecule has 2 heterocycles. The molecule has 5 nitrogen and oxygen atoms in total. The normalized spacial score (nSPS) is 17.2. The Morgan fingerprint density at radius 1 is 1.24 bits per heavy atom. The number of anilines is 2. The third-order valence-corrected chi connectivity index (χ3v) is 2.36. The van der Waals surface area contributed by atoms with E-state index in [-0.39, 0.29) is 11.8 Å². The second-order valence-electron chi connectivity index (χ2n) is 3.57. The van der Waals surface area contributed by atoms with Gasteiger partial charge in [-0.3, -0.25) is 0 Å². The molecule has 0 bridgehead atoms. The number of halogens is 3. The molecule has 0 amide bonds. The summed E-state index contributed by atoms with van der Waals surface area (Å²) in [5, 5.41) is 0. The zero-order valence-corrected chi connectivity index (χ0v) is 8.87. The molecule has 0 saturated carbocycles. The quantitative estimate of drug-likeness (QED) is 0.800. The molecule has 1 fully saturated rings. The van der Waals surface area contributed by atoms with Crippen molar-refractivity contribution in [1.82, 2.24) is 9.97 Å². The lowest BCUT2D eigenvalue weighted by Crippen LogP contribution is -2.37. The SMILES string of the molecule is Nc1nc(N2CCOCC2)cc(C(F)(F)F)n1. The van der Waals surface area contributed by atoms with Crippen LogP contribution in [0.25, 0.3) is 0 Å². The maximum atomic E-state index is 12.5. The molecule has 1 aromatic rings. The molecular formula is C9H11F3N4O. The lowest BCUT2D eigenvalue weighted by atomic mass is 10.3. The van der Waals surface area contributed by atoms with Crippen LogP contribution < -0.4 is 10.6 Å². The highest BCUT2D eigenvalue weighted by molar-refractivity contribution is 5.44. The second-order valence-corrected chi connectivity index (χ2v) is 3.57. The van der Waals surface area contributed by atoms with E-state index in [9.17, 15) is 13.2 Å². The fraction of sp³-hybridized carbons (Fsp3) is 0.556. The van der Waals surface area contributed by atoms with Crippen molar-refractivity contribution in [1.29, 1.82) is 0 Å². The van der Waals surface area contributed by atoms with Crippen LogP contribution in [0.3, 0.4) is 0 Å². The molecule has 0 unspecified atom stereocenters. The zero-order chi connectivity index (χ0) is 12.5. The summed E-state index contributed by atoms with van der Waals surface area (Å²) in [5.74, 6) is -0.186. The van der Waals surface area contributed by atoms with Gasteiger partial charge >= 0.3 is 6.18 Å². The molecule has 2 N–H and O–H groups in total. The van der Waals surface area contributed by atoms with E-state index in [4.69, 9.17) is 10.5 Å². The van der Waals surface area contributed by atoms with Crippen molar-refractivity contribution >= 4 is 11.8 Å². The first-order valence-corrected chi connectivity index (χ1v) is 5.01. The molecule has 1 aliphatic rings. The molecular weight excluding hydrogens is 237 g/mol. The van der Waals surface area contributed by atoms with Gasteiger partial charge in [0.05, 0.1) is 13.2 Å². The van der Waals surface area contributed by atoms with Crippen molar-refractivity contribution in [3.63, 3.8) is 0 Å². The summed E-state index contributed by atoms with van der Waals surface area (Å²) >= 11 is 0. The van der Waals surface area contributed by atoms with Crippen molar-refractivity contribution in [2.75, 3.05) is 36.9 Å². The van der Waals surface area contributed by atoms with E-state index < -0.39 is 11.9 Å². The zero-order valence-electron chi connectivity index (χ0n) is 8.87. The van der Waals surface area contributed by atoms with Gasteiger partial charge < -0.3 is 15.4 Å². The van der Waals surface area contributed by atoms with Crippen LogP contribution in [0.15, 0.2) is 6.07 Å². The van der Waals surface area contributed by atoms with Gasteiger partial charge in [0.1, 0.15) is 5.82 Å². The minimum Gasteiger partial charge on any atom is -0.378 e. The number of hydrogen-bond acceptors (Lipinski definition) is 5. The first kappa shape index (κ1) is 11.9. The molecule has 0 aromatic carbocycles. The van der Waals surface area contributed by atoms with E-state index in [1.807, 2.05) is 0 Å². The van der Waals surface area contributed by atoms with Gasteiger partial charge in [0, 0.05) is 19.2 Å². The largest absolute Gasteiger partial charge is 0.433 e. The van der Waals surface area contributed by atoms with Gasteiger partial charge in [-0.1, -0.05) is 0 Å². The minimum atomic E-state index is -4.52. The van der Waals surface area contributed by atoms with Gasteiger partial charge in [0.25, 0.3) is 0 Å². The van der Waals surface area contributed by atoms with E-state index >= 15 is 0 Å². The lowest BCUT2D eigenvalue weighted by Gasteiger charge is -2.28. The fourth-order valence-electron chi connectivity index (χ4n) is 1.55. The molecule has 17 heavy (non-hydrogen) atoms. The van der Waals surface area contributed by atoms with Crippen molar-refractivity contribution in [2.24, 2.45) is 0 Å². The smallest absolute Gasteiger partial charge is 0.378 e. The molecule has 94 valence electrons. The Labute approximate surface area is 95.4 Å². The topological polar surface area (TPSA) is 64.3 Å². The third kappa shape index (κ3) is 2.76. The van der Waals surface area contributed by atoms with Gasteiger partial charge in [-0.2, -0.15) is 18.2 Å². The Balaban J connectivity index is 2.31. The first-order valence-electron chi connectivity index (χ1n) is 5.01. The average molecular weight is 248 g/mol. The van der Waals surface area contributed by atoms with Gasteiger partial charge in [-0.15, -0.1) is 0 Å². The number of nitrogens with two attached hydrogens (primary N) is 1. The minimum absolute atomic E-state index is 0.188. The maximum absolute atomic E-state index is 12.5. The average Bonchev–Trinajstić information content (AvgIpc) is 2.28. The third-order valence-electron chi connectivity index (χ3n) is 2.36. The highest BCUT2D eigenvalue weighted by Gasteiger charge is 2.34. The number of ether oxygens (including phenoxy) is 1. The number of nitrogen functional groups attached to an aromatic ring is 1. The van der Waals surface area contributed by atoms with Gasteiger partial charge in [-0.05, 0) is 0 Å². The van der Waals surface area contributed by atoms with Crippen LogP contribution in [0.4, 0.5) is 24.9 Å². The highest BCUT2D eigenvalue weighted by atomic mass is 19.4. The van der Waals surface area contributed by atoms with Crippen LogP contribution in [0.2, 0.25) is 0 Å². The summed E-state index contributed by atoms with van der Waals surface area (Å²) in [7, 11) is 0. The summed E-state index contributed by atoms with van der Waals surface area (Å²) in [6, 6.07) is 0.904. The predicted molar refractivity (Wildman–Crippen MR) is 54.5 cm³/mol. The van der Waals surface area contributed by atoms with Crippen LogP contribution in [0.5, 0.6) is 0 Å². The second kappa shape index (κ2) is 4.36. The molecule has 0 spiro atoms. The highest BCUT2D eigenvalue weighted by Crippen LogP contribution is 2.30. The van der Waals surface area contributed by atoms with E-state index in [1.54, 1.807) is 4.90 Å². The first-order chi connectivity index (χ1) is 7.97. The molecule has 0 radical (unpaired) electrons. The molecule has 1 aliphatic heterocycles. The van der Waals surface area contributed by atoms with Crippen molar-refractivity contribution in [3.05, 3.63) is 11.8 Å². The fourth-order valence-corrected chi connectivity index (χ4v) is 1.55. The summed E-state index contributed by atoms with van der Waals surface area (Å²) in [5.41, 5.74) is 4.26. The Hall–Kier alpha value is -1.57. The Kier molecular flexibility index (Phi) is 3.05. The maximum Gasteiger partial charge on any atom is 0.433 e. The summed E-state index contributed by atoms with van der Waals surface area (Å²) < 4.78 is 42.7. The lowest BCUT2D eigenvalue weighted by molar-refractivity contribution is -0.141. The van der Waals surface area contributed by atoms with Gasteiger partial charge in [0.15, 0.2) is 5.69 Å². The van der Waals surface area contributed by atoms with Crippen LogP contribution in [0, 0.1) is 0 Å². The Morgan fingerprint density at radius 2 is 1.88 bits per heavy atom. The number of rotatable bonds is 1. The van der Waals surface area contributed by atoms with Crippen LogP contribution >= 0.6 is 0 Å². The summed E-state index contributed by atoms with van der Waals surface area (Å²) in [6.07, 6.45) is -4.52. The van der Waals surface area contributed by atoms with E-state index in [1.165, 1.54) is 0 Å². The number of aromatic nitrogens is 2. The monoisotopic (exact) mass is 248 g/mol. The molecule has 0 atom stereocenters. The molecule has 1 aromatic heterocycles. The molecule has 0 aliphatic carbocycles. The van der Waals surface area contributed by atoms with E-state index in [0.717, 1.165) is 6.07 Å².